The van der Waals surface area contributed by atoms with Gasteiger partial charge in [0.1, 0.15) is 5.75 Å². The lowest BCUT2D eigenvalue weighted by Gasteiger charge is -2.14. The molecule has 3 aromatic rings. The van der Waals surface area contributed by atoms with E-state index in [1.54, 1.807) is 0 Å². The van der Waals surface area contributed by atoms with Crippen molar-refractivity contribution >= 4 is 11.6 Å². The van der Waals surface area contributed by atoms with E-state index < -0.39 is 40.8 Å². The van der Waals surface area contributed by atoms with Crippen LogP contribution in [0.5, 0.6) is 5.75 Å². The molecular formula is C21H17F6N3O2. The number of rotatable bonds is 5. The monoisotopic (exact) mass is 457 g/mol. The summed E-state index contributed by atoms with van der Waals surface area (Å²) in [6, 6.07) is 9.20. The van der Waals surface area contributed by atoms with E-state index in [4.69, 9.17) is 4.74 Å². The largest absolute Gasteiger partial charge is 0.491 e. The lowest BCUT2D eigenvalue weighted by Crippen LogP contribution is -2.21. The number of carbonyl (C=O) groups excluding carboxylic acids is 1. The first-order chi connectivity index (χ1) is 14.9. The number of hydrogen-bond donors (Lipinski definition) is 1. The molecule has 1 amide bonds. The van der Waals surface area contributed by atoms with Crippen molar-refractivity contribution in [2.45, 2.75) is 32.3 Å². The Morgan fingerprint density at radius 1 is 1.00 bits per heavy atom. The summed E-state index contributed by atoms with van der Waals surface area (Å²) in [5.41, 5.74) is -3.76. The van der Waals surface area contributed by atoms with Crippen LogP contribution in [0.4, 0.5) is 32.0 Å². The third-order valence-corrected chi connectivity index (χ3v) is 4.18. The van der Waals surface area contributed by atoms with Crippen molar-refractivity contribution in [2.75, 3.05) is 5.32 Å². The molecule has 0 saturated heterocycles. The van der Waals surface area contributed by atoms with Crippen molar-refractivity contribution in [3.8, 4) is 11.4 Å². The fourth-order valence-electron chi connectivity index (χ4n) is 2.88. The Morgan fingerprint density at radius 2 is 1.66 bits per heavy atom. The summed E-state index contributed by atoms with van der Waals surface area (Å²) < 4.78 is 85.9. The maximum absolute atomic E-state index is 13.8. The molecule has 1 aromatic heterocycles. The molecule has 0 atom stereocenters. The Balaban J connectivity index is 1.95. The highest BCUT2D eigenvalue weighted by molar-refractivity contribution is 6.05. The number of alkyl halides is 6. The SMILES string of the molecule is CC(C)Oc1ccc(NC(=O)c2cnn(-c3cccc(C(F)(F)F)c3)c2C(F)(F)F)cc1. The Hall–Kier alpha value is -3.50. The number of carbonyl (C=O) groups is 1. The van der Waals surface area contributed by atoms with E-state index >= 15 is 0 Å². The zero-order valence-corrected chi connectivity index (χ0v) is 16.8. The highest BCUT2D eigenvalue weighted by atomic mass is 19.4. The average Bonchev–Trinajstić information content (AvgIpc) is 3.14. The molecule has 2 aromatic carbocycles. The molecule has 0 bridgehead atoms. The molecule has 1 heterocycles. The van der Waals surface area contributed by atoms with E-state index in [-0.39, 0.29) is 16.5 Å². The van der Waals surface area contributed by atoms with Crippen molar-refractivity contribution in [2.24, 2.45) is 0 Å². The summed E-state index contributed by atoms with van der Waals surface area (Å²) in [5, 5.41) is 5.86. The van der Waals surface area contributed by atoms with Crippen LogP contribution < -0.4 is 10.1 Å². The van der Waals surface area contributed by atoms with Crippen molar-refractivity contribution in [1.29, 1.82) is 0 Å². The van der Waals surface area contributed by atoms with Gasteiger partial charge < -0.3 is 10.1 Å². The Labute approximate surface area is 178 Å². The van der Waals surface area contributed by atoms with Gasteiger partial charge in [-0.3, -0.25) is 4.79 Å². The topological polar surface area (TPSA) is 56.1 Å². The van der Waals surface area contributed by atoms with Crippen molar-refractivity contribution in [3.63, 3.8) is 0 Å². The highest BCUT2D eigenvalue weighted by Gasteiger charge is 2.41. The minimum atomic E-state index is -5.06. The van der Waals surface area contributed by atoms with Gasteiger partial charge in [-0.2, -0.15) is 31.4 Å². The summed E-state index contributed by atoms with van der Waals surface area (Å²) in [4.78, 5) is 12.5. The average molecular weight is 457 g/mol. The van der Waals surface area contributed by atoms with E-state index in [9.17, 15) is 31.1 Å². The molecule has 0 unspecified atom stereocenters. The summed E-state index contributed by atoms with van der Waals surface area (Å²) >= 11 is 0. The van der Waals surface area contributed by atoms with E-state index in [2.05, 4.69) is 10.4 Å². The van der Waals surface area contributed by atoms with Gasteiger partial charge in [-0.15, -0.1) is 0 Å². The predicted molar refractivity (Wildman–Crippen MR) is 104 cm³/mol. The summed E-state index contributed by atoms with van der Waals surface area (Å²) in [6.07, 6.45) is -9.25. The fourth-order valence-corrected chi connectivity index (χ4v) is 2.88. The number of anilines is 1. The van der Waals surface area contributed by atoms with Gasteiger partial charge in [0.25, 0.3) is 5.91 Å². The van der Waals surface area contributed by atoms with Gasteiger partial charge in [0, 0.05) is 5.69 Å². The Bertz CT molecular complexity index is 1100. The Morgan fingerprint density at radius 3 is 2.22 bits per heavy atom. The third-order valence-electron chi connectivity index (χ3n) is 4.18. The number of nitrogens with one attached hydrogen (secondary N) is 1. The molecule has 1 N–H and O–H groups in total. The first-order valence-electron chi connectivity index (χ1n) is 9.27. The van der Waals surface area contributed by atoms with Crippen molar-refractivity contribution in [3.05, 3.63) is 71.5 Å². The van der Waals surface area contributed by atoms with Crippen molar-refractivity contribution < 1.29 is 35.9 Å². The number of benzene rings is 2. The van der Waals surface area contributed by atoms with E-state index in [0.29, 0.717) is 18.0 Å². The van der Waals surface area contributed by atoms with Gasteiger partial charge in [0.15, 0.2) is 5.69 Å². The van der Waals surface area contributed by atoms with Gasteiger partial charge in [-0.05, 0) is 56.3 Å². The van der Waals surface area contributed by atoms with Crippen LogP contribution in [0, 0.1) is 0 Å². The smallest absolute Gasteiger partial charge is 0.434 e. The van der Waals surface area contributed by atoms with Crippen LogP contribution in [0.1, 0.15) is 35.5 Å². The third kappa shape index (κ3) is 5.21. The van der Waals surface area contributed by atoms with Crippen molar-refractivity contribution in [1.82, 2.24) is 9.78 Å². The zero-order chi connectivity index (χ0) is 23.7. The molecule has 0 aliphatic carbocycles. The summed E-state index contributed by atoms with van der Waals surface area (Å²) in [7, 11) is 0. The minimum Gasteiger partial charge on any atom is -0.491 e. The van der Waals surface area contributed by atoms with Crippen LogP contribution in [0.15, 0.2) is 54.7 Å². The number of amides is 1. The zero-order valence-electron chi connectivity index (χ0n) is 16.8. The molecule has 5 nitrogen and oxygen atoms in total. The quantitative estimate of drug-likeness (QED) is 0.482. The van der Waals surface area contributed by atoms with Crippen LogP contribution in [-0.4, -0.2) is 21.8 Å². The maximum atomic E-state index is 13.8. The van der Waals surface area contributed by atoms with Crippen LogP contribution in [0.2, 0.25) is 0 Å². The molecule has 0 saturated carbocycles. The molecular weight excluding hydrogens is 440 g/mol. The number of ether oxygens (including phenoxy) is 1. The number of halogens is 6. The second-order valence-corrected chi connectivity index (χ2v) is 7.01. The van der Waals surface area contributed by atoms with Crippen LogP contribution >= 0.6 is 0 Å². The standard InChI is InChI=1S/C21H17F6N3O2/c1-12(2)32-16-8-6-14(7-9-16)29-19(31)17-11-28-30(18(17)21(25,26)27)15-5-3-4-13(10-15)20(22,23)24/h3-12H,1-2H3,(H,29,31). The summed E-state index contributed by atoms with van der Waals surface area (Å²) in [6.45, 7) is 3.63. The first kappa shape index (κ1) is 23.2. The highest BCUT2D eigenvalue weighted by Crippen LogP contribution is 2.36. The maximum Gasteiger partial charge on any atom is 0.434 e. The molecule has 32 heavy (non-hydrogen) atoms. The number of aromatic nitrogens is 2. The van der Waals surface area contributed by atoms with Gasteiger partial charge >= 0.3 is 12.4 Å². The normalized spacial score (nSPS) is 12.2. The van der Waals surface area contributed by atoms with Gasteiger partial charge in [-0.1, -0.05) is 6.07 Å². The fraction of sp³-hybridized carbons (Fsp3) is 0.238. The van der Waals surface area contributed by atoms with Gasteiger partial charge in [0.2, 0.25) is 0 Å². The van der Waals surface area contributed by atoms with E-state index in [0.717, 1.165) is 18.2 Å². The first-order valence-corrected chi connectivity index (χ1v) is 9.27. The van der Waals surface area contributed by atoms with Gasteiger partial charge in [0.05, 0.1) is 29.1 Å². The molecule has 0 aliphatic heterocycles. The molecule has 0 aliphatic rings. The van der Waals surface area contributed by atoms with Crippen LogP contribution in [0.3, 0.4) is 0 Å². The minimum absolute atomic E-state index is 0.0912. The lowest BCUT2D eigenvalue weighted by molar-refractivity contribution is -0.143. The second-order valence-electron chi connectivity index (χ2n) is 7.01. The molecule has 0 radical (unpaired) electrons. The van der Waals surface area contributed by atoms with Gasteiger partial charge in [-0.25, -0.2) is 4.68 Å². The van der Waals surface area contributed by atoms with E-state index in [1.165, 1.54) is 24.3 Å². The number of hydrogen-bond acceptors (Lipinski definition) is 3. The van der Waals surface area contributed by atoms with E-state index in [1.807, 2.05) is 13.8 Å². The summed E-state index contributed by atoms with van der Waals surface area (Å²) in [5.74, 6) is -0.612. The Kier molecular flexibility index (Phi) is 6.20. The predicted octanol–water partition coefficient (Wildman–Crippen LogP) is 5.95. The molecule has 170 valence electrons. The molecule has 0 fully saturated rings. The molecule has 3 rings (SSSR count). The lowest BCUT2D eigenvalue weighted by atomic mass is 10.1. The molecule has 0 spiro atoms. The second kappa shape index (κ2) is 8.56. The number of nitrogens with zero attached hydrogens (tertiary/aromatic N) is 2. The van der Waals surface area contributed by atoms with Crippen LogP contribution in [-0.2, 0) is 12.4 Å². The molecule has 11 heteroatoms. The van der Waals surface area contributed by atoms with Crippen LogP contribution in [0.25, 0.3) is 5.69 Å².